The number of nitrogens with zero attached hydrogens (tertiary/aromatic N) is 3. The molecule has 0 amide bonds. The van der Waals surface area contributed by atoms with Gasteiger partial charge < -0.3 is 9.47 Å². The summed E-state index contributed by atoms with van der Waals surface area (Å²) < 4.78 is 11.2. The average molecular weight is 325 g/mol. The highest BCUT2D eigenvalue weighted by Crippen LogP contribution is 2.24. The van der Waals surface area contributed by atoms with E-state index < -0.39 is 6.29 Å². The Hall–Kier alpha value is -0.530. The molecule has 0 N–H and O–H groups in total. The lowest BCUT2D eigenvalue weighted by atomic mass is 10.0. The predicted molar refractivity (Wildman–Crippen MR) is 61.5 cm³/mol. The van der Waals surface area contributed by atoms with E-state index in [0.29, 0.717) is 12.8 Å². The molecule has 1 aliphatic heterocycles. The molecular weight excluding hydrogens is 313 g/mol. The van der Waals surface area contributed by atoms with Gasteiger partial charge in [-0.2, -0.15) is 0 Å². The van der Waals surface area contributed by atoms with Crippen molar-refractivity contribution in [3.8, 4) is 0 Å². The molecule has 7 heteroatoms. The summed E-state index contributed by atoms with van der Waals surface area (Å²) in [7, 11) is 0. The van der Waals surface area contributed by atoms with Crippen molar-refractivity contribution in [3.63, 3.8) is 0 Å². The minimum absolute atomic E-state index is 0.0146. The highest BCUT2D eigenvalue weighted by molar-refractivity contribution is 14.1. The summed E-state index contributed by atoms with van der Waals surface area (Å²) in [5.74, 6) is -0.381. The quantitative estimate of drug-likeness (QED) is 0.199. The SMILES string of the molecule is CC(=O)O[C@@H]1C[C@H](N=[N+]=[N-])C[C@H](CI)O1. The summed E-state index contributed by atoms with van der Waals surface area (Å²) >= 11 is 2.19. The molecule has 6 nitrogen and oxygen atoms in total. The van der Waals surface area contributed by atoms with E-state index >= 15 is 0 Å². The van der Waals surface area contributed by atoms with Crippen molar-refractivity contribution in [2.75, 3.05) is 4.43 Å². The molecule has 0 aromatic rings. The molecule has 1 heterocycles. The van der Waals surface area contributed by atoms with Crippen LogP contribution in [0.25, 0.3) is 10.4 Å². The molecule has 3 atom stereocenters. The fourth-order valence-corrected chi connectivity index (χ4v) is 2.04. The first-order chi connectivity index (χ1) is 7.15. The van der Waals surface area contributed by atoms with E-state index in [1.165, 1.54) is 6.92 Å². The third-order valence-corrected chi connectivity index (χ3v) is 3.01. The first-order valence-electron chi connectivity index (χ1n) is 4.58. The second-order valence-electron chi connectivity index (χ2n) is 3.28. The van der Waals surface area contributed by atoms with Crippen molar-refractivity contribution >= 4 is 28.6 Å². The van der Waals surface area contributed by atoms with Gasteiger partial charge in [0, 0.05) is 28.7 Å². The molecule has 0 saturated carbocycles. The highest BCUT2D eigenvalue weighted by atomic mass is 127. The topological polar surface area (TPSA) is 84.3 Å². The monoisotopic (exact) mass is 325 g/mol. The van der Waals surface area contributed by atoms with Crippen LogP contribution in [0.15, 0.2) is 5.11 Å². The number of ether oxygens (including phenoxy) is 2. The van der Waals surface area contributed by atoms with Crippen LogP contribution in [0.3, 0.4) is 0 Å². The maximum atomic E-state index is 10.8. The number of carbonyl (C=O) groups excluding carboxylic acids is 1. The number of carbonyl (C=O) groups is 1. The number of esters is 1. The van der Waals surface area contributed by atoms with Gasteiger partial charge in [0.25, 0.3) is 0 Å². The van der Waals surface area contributed by atoms with Gasteiger partial charge in [-0.3, -0.25) is 4.79 Å². The van der Waals surface area contributed by atoms with Gasteiger partial charge in [-0.15, -0.1) is 0 Å². The highest BCUT2D eigenvalue weighted by Gasteiger charge is 2.30. The summed E-state index contributed by atoms with van der Waals surface area (Å²) in [5, 5.41) is 3.65. The Kier molecular flexibility index (Phi) is 5.13. The lowest BCUT2D eigenvalue weighted by Gasteiger charge is -2.31. The van der Waals surface area contributed by atoms with E-state index in [9.17, 15) is 4.79 Å². The fourth-order valence-electron chi connectivity index (χ4n) is 1.48. The Morgan fingerprint density at radius 2 is 2.47 bits per heavy atom. The van der Waals surface area contributed by atoms with Crippen LogP contribution < -0.4 is 0 Å². The van der Waals surface area contributed by atoms with Gasteiger partial charge in [0.1, 0.15) is 0 Å². The summed E-state index contributed by atoms with van der Waals surface area (Å²) in [4.78, 5) is 13.5. The predicted octanol–water partition coefficient (Wildman–Crippen LogP) is 2.17. The van der Waals surface area contributed by atoms with Crippen molar-refractivity contribution in [3.05, 3.63) is 10.4 Å². The molecule has 1 fully saturated rings. The van der Waals surface area contributed by atoms with E-state index in [4.69, 9.17) is 15.0 Å². The van der Waals surface area contributed by atoms with Gasteiger partial charge in [0.15, 0.2) is 0 Å². The molecule has 0 aromatic heterocycles. The lowest BCUT2D eigenvalue weighted by molar-refractivity contribution is -0.198. The van der Waals surface area contributed by atoms with Crippen LogP contribution in [0.1, 0.15) is 19.8 Å². The Morgan fingerprint density at radius 1 is 1.73 bits per heavy atom. The normalized spacial score (nSPS) is 30.4. The summed E-state index contributed by atoms with van der Waals surface area (Å²) in [6, 6.07) is -0.145. The van der Waals surface area contributed by atoms with Gasteiger partial charge in [0.2, 0.25) is 6.29 Å². The lowest BCUT2D eigenvalue weighted by Crippen LogP contribution is -2.37. The van der Waals surface area contributed by atoms with Crippen molar-refractivity contribution in [2.45, 2.75) is 38.2 Å². The molecule has 0 bridgehead atoms. The van der Waals surface area contributed by atoms with E-state index in [1.807, 2.05) is 0 Å². The van der Waals surface area contributed by atoms with E-state index in [2.05, 4.69) is 32.6 Å². The van der Waals surface area contributed by atoms with Crippen LogP contribution in [0.5, 0.6) is 0 Å². The van der Waals surface area contributed by atoms with Crippen molar-refractivity contribution in [1.29, 1.82) is 0 Å². The number of rotatable bonds is 3. The van der Waals surface area contributed by atoms with Crippen LogP contribution in [0, 0.1) is 0 Å². The number of halogens is 1. The van der Waals surface area contributed by atoms with Crippen molar-refractivity contribution in [2.24, 2.45) is 5.11 Å². The summed E-state index contributed by atoms with van der Waals surface area (Å²) in [6.07, 6.45) is 0.535. The van der Waals surface area contributed by atoms with Gasteiger partial charge >= 0.3 is 5.97 Å². The number of hydrogen-bond acceptors (Lipinski definition) is 4. The minimum Gasteiger partial charge on any atom is -0.436 e. The average Bonchev–Trinajstić information content (AvgIpc) is 2.16. The first-order valence-corrected chi connectivity index (χ1v) is 6.11. The Labute approximate surface area is 101 Å². The maximum absolute atomic E-state index is 10.8. The second-order valence-corrected chi connectivity index (χ2v) is 4.16. The molecule has 0 aromatic carbocycles. The van der Waals surface area contributed by atoms with E-state index in [-0.39, 0.29) is 18.1 Å². The van der Waals surface area contributed by atoms with Crippen LogP contribution in [0.2, 0.25) is 0 Å². The van der Waals surface area contributed by atoms with E-state index in [0.717, 1.165) is 4.43 Å². The molecule has 84 valence electrons. The Bertz CT molecular complexity index is 280. The largest absolute Gasteiger partial charge is 0.436 e. The van der Waals surface area contributed by atoms with Gasteiger partial charge in [-0.1, -0.05) is 27.7 Å². The standard InChI is InChI=1S/C8H12IN3O3/c1-5(13)14-8-3-6(11-12-10)2-7(4-9)15-8/h6-8H,2-4H2,1H3/t6-,7-,8+/m1/s1. The van der Waals surface area contributed by atoms with Crippen LogP contribution in [0.4, 0.5) is 0 Å². The fraction of sp³-hybridized carbons (Fsp3) is 0.875. The van der Waals surface area contributed by atoms with Gasteiger partial charge in [-0.25, -0.2) is 0 Å². The number of alkyl halides is 1. The van der Waals surface area contributed by atoms with Crippen molar-refractivity contribution in [1.82, 2.24) is 0 Å². The molecule has 1 saturated heterocycles. The maximum Gasteiger partial charge on any atom is 0.304 e. The van der Waals surface area contributed by atoms with Crippen LogP contribution in [-0.2, 0) is 14.3 Å². The number of hydrogen-bond donors (Lipinski definition) is 0. The molecule has 1 aliphatic rings. The molecule has 15 heavy (non-hydrogen) atoms. The smallest absolute Gasteiger partial charge is 0.304 e. The van der Waals surface area contributed by atoms with E-state index in [1.54, 1.807) is 0 Å². The first kappa shape index (κ1) is 12.5. The summed E-state index contributed by atoms with van der Waals surface area (Å²) in [5.41, 5.74) is 8.35. The third-order valence-electron chi connectivity index (χ3n) is 2.03. The zero-order valence-corrected chi connectivity index (χ0v) is 10.5. The summed E-state index contributed by atoms with van der Waals surface area (Å²) in [6.45, 7) is 1.33. The third kappa shape index (κ3) is 4.23. The van der Waals surface area contributed by atoms with Crippen LogP contribution in [-0.4, -0.2) is 28.8 Å². The number of azide groups is 1. The zero-order valence-electron chi connectivity index (χ0n) is 8.30. The molecular formula is C8H12IN3O3. The van der Waals surface area contributed by atoms with Crippen LogP contribution >= 0.6 is 22.6 Å². The van der Waals surface area contributed by atoms with Gasteiger partial charge in [-0.05, 0) is 12.0 Å². The molecule has 1 rings (SSSR count). The molecule has 0 aliphatic carbocycles. The Morgan fingerprint density at radius 3 is 3.00 bits per heavy atom. The zero-order chi connectivity index (χ0) is 11.3. The molecule has 0 radical (unpaired) electrons. The minimum atomic E-state index is -0.577. The van der Waals surface area contributed by atoms with Crippen molar-refractivity contribution < 1.29 is 14.3 Å². The van der Waals surface area contributed by atoms with Gasteiger partial charge in [0.05, 0.1) is 6.10 Å². The second kappa shape index (κ2) is 6.14. The Balaban J connectivity index is 2.58. The molecule has 0 unspecified atom stereocenters. The molecule has 0 spiro atoms.